The van der Waals surface area contributed by atoms with E-state index >= 15 is 0 Å². The van der Waals surface area contributed by atoms with Gasteiger partial charge in [0.25, 0.3) is 5.56 Å². The lowest BCUT2D eigenvalue weighted by atomic mass is 10.1. The van der Waals surface area contributed by atoms with Crippen LogP contribution in [0.2, 0.25) is 5.02 Å². The minimum absolute atomic E-state index is 0.103. The molecule has 0 fully saturated rings. The molecule has 168 valence electrons. The summed E-state index contributed by atoms with van der Waals surface area (Å²) in [7, 11) is 1.62. The highest BCUT2D eigenvalue weighted by Gasteiger charge is 2.30. The van der Waals surface area contributed by atoms with Crippen molar-refractivity contribution in [3.63, 3.8) is 0 Å². The highest BCUT2D eigenvalue weighted by molar-refractivity contribution is 8.01. The lowest BCUT2D eigenvalue weighted by Gasteiger charge is -2.23. The number of amides is 1. The van der Waals surface area contributed by atoms with E-state index in [0.29, 0.717) is 33.2 Å². The predicted molar refractivity (Wildman–Crippen MR) is 125 cm³/mol. The van der Waals surface area contributed by atoms with Crippen LogP contribution in [0.25, 0.3) is 16.7 Å². The molecule has 1 unspecified atom stereocenters. The quantitative estimate of drug-likeness (QED) is 0.444. The Morgan fingerprint density at radius 1 is 1.21 bits per heavy atom. The SMILES string of the molecule is Cc1ccc2c(c1)c(=O)n(C)c1nnc(COC(=O)CC3Sc4ccc(Cl)cc4NC3=O)n21. The minimum atomic E-state index is -0.619. The molecule has 0 radical (unpaired) electrons. The average Bonchev–Trinajstić information content (AvgIpc) is 3.21. The fourth-order valence-electron chi connectivity index (χ4n) is 3.76. The Bertz CT molecular complexity index is 1510. The lowest BCUT2D eigenvalue weighted by Crippen LogP contribution is -2.31. The maximum absolute atomic E-state index is 12.7. The van der Waals surface area contributed by atoms with Crippen molar-refractivity contribution < 1.29 is 14.3 Å². The zero-order valence-corrected chi connectivity index (χ0v) is 19.2. The second-order valence-electron chi connectivity index (χ2n) is 7.74. The molecule has 1 N–H and O–H groups in total. The molecule has 0 saturated carbocycles. The molecule has 0 spiro atoms. The van der Waals surface area contributed by atoms with Gasteiger partial charge in [0.2, 0.25) is 11.7 Å². The van der Waals surface area contributed by atoms with Crippen LogP contribution in [0.5, 0.6) is 0 Å². The van der Waals surface area contributed by atoms with Gasteiger partial charge in [0.1, 0.15) is 0 Å². The van der Waals surface area contributed by atoms with Crippen LogP contribution in [0.4, 0.5) is 5.69 Å². The normalized spacial score (nSPS) is 15.5. The van der Waals surface area contributed by atoms with E-state index in [4.69, 9.17) is 16.3 Å². The molecule has 1 atom stereocenters. The maximum Gasteiger partial charge on any atom is 0.307 e. The van der Waals surface area contributed by atoms with E-state index < -0.39 is 11.2 Å². The maximum atomic E-state index is 12.7. The van der Waals surface area contributed by atoms with Crippen LogP contribution < -0.4 is 10.9 Å². The first-order valence-electron chi connectivity index (χ1n) is 10.1. The van der Waals surface area contributed by atoms with Crippen molar-refractivity contribution in [1.82, 2.24) is 19.2 Å². The second-order valence-corrected chi connectivity index (χ2v) is 9.42. The summed E-state index contributed by atoms with van der Waals surface area (Å²) in [5, 5.41) is 11.4. The number of hydrogen-bond donors (Lipinski definition) is 1. The van der Waals surface area contributed by atoms with Crippen LogP contribution >= 0.6 is 23.4 Å². The summed E-state index contributed by atoms with van der Waals surface area (Å²) in [6.45, 7) is 1.76. The highest BCUT2D eigenvalue weighted by Crippen LogP contribution is 2.38. The molecule has 0 bridgehead atoms. The van der Waals surface area contributed by atoms with Crippen molar-refractivity contribution in [2.75, 3.05) is 5.32 Å². The predicted octanol–water partition coefficient (Wildman–Crippen LogP) is 3.09. The molecule has 4 aromatic rings. The first kappa shape index (κ1) is 21.5. The van der Waals surface area contributed by atoms with Gasteiger partial charge in [-0.2, -0.15) is 0 Å². The third-order valence-corrected chi connectivity index (χ3v) is 6.93. The Morgan fingerprint density at radius 2 is 2.03 bits per heavy atom. The van der Waals surface area contributed by atoms with E-state index in [1.807, 2.05) is 19.1 Å². The van der Waals surface area contributed by atoms with Crippen LogP contribution in [0, 0.1) is 6.92 Å². The third-order valence-electron chi connectivity index (χ3n) is 5.42. The molecule has 5 rings (SSSR count). The van der Waals surface area contributed by atoms with Crippen LogP contribution in [-0.4, -0.2) is 36.3 Å². The van der Waals surface area contributed by atoms with E-state index in [-0.39, 0.29) is 24.5 Å². The largest absolute Gasteiger partial charge is 0.457 e. The van der Waals surface area contributed by atoms with Gasteiger partial charge in [-0.3, -0.25) is 23.4 Å². The number of fused-ring (bicyclic) bond motifs is 4. The Labute approximate surface area is 196 Å². The molecule has 11 heteroatoms. The van der Waals surface area contributed by atoms with E-state index in [0.717, 1.165) is 10.5 Å². The number of thioether (sulfide) groups is 1. The Hall–Kier alpha value is -3.37. The topological polar surface area (TPSA) is 108 Å². The van der Waals surface area contributed by atoms with Gasteiger partial charge in [0.05, 0.1) is 28.3 Å². The first-order chi connectivity index (χ1) is 15.8. The fourth-order valence-corrected chi connectivity index (χ4v) is 5.01. The molecule has 33 heavy (non-hydrogen) atoms. The van der Waals surface area contributed by atoms with Crippen LogP contribution in [-0.2, 0) is 28.0 Å². The smallest absolute Gasteiger partial charge is 0.307 e. The number of esters is 1. The molecule has 0 saturated heterocycles. The number of nitrogens with one attached hydrogen (secondary N) is 1. The summed E-state index contributed by atoms with van der Waals surface area (Å²) < 4.78 is 8.54. The minimum Gasteiger partial charge on any atom is -0.457 e. The van der Waals surface area contributed by atoms with Crippen molar-refractivity contribution in [3.05, 3.63) is 63.2 Å². The van der Waals surface area contributed by atoms with Gasteiger partial charge in [-0.05, 0) is 37.3 Å². The molecular formula is C22H18ClN5O4S. The van der Waals surface area contributed by atoms with Crippen LogP contribution in [0.15, 0.2) is 46.1 Å². The van der Waals surface area contributed by atoms with Gasteiger partial charge in [-0.1, -0.05) is 23.2 Å². The number of aryl methyl sites for hydroxylation is 2. The summed E-state index contributed by atoms with van der Waals surface area (Å²) in [5.74, 6) is -0.0961. The molecule has 0 aliphatic carbocycles. The number of halogens is 1. The molecule has 9 nitrogen and oxygen atoms in total. The van der Waals surface area contributed by atoms with E-state index in [2.05, 4.69) is 15.5 Å². The Balaban J connectivity index is 1.36. The van der Waals surface area contributed by atoms with Crippen LogP contribution in [0.1, 0.15) is 17.8 Å². The third kappa shape index (κ3) is 3.85. The second kappa shape index (κ2) is 8.20. The van der Waals surface area contributed by atoms with Gasteiger partial charge in [0, 0.05) is 17.0 Å². The standard InChI is InChI=1S/C22H18ClN5O4S/c1-11-3-5-15-13(7-11)21(31)27(2)22-26-25-18(28(15)22)10-32-19(29)9-17-20(30)24-14-8-12(23)4-6-16(14)33-17/h3-8,17H,9-10H2,1-2H3,(H,24,30). The number of carbonyl (C=O) groups excluding carboxylic acids is 2. The van der Waals surface area contributed by atoms with E-state index in [1.165, 1.54) is 16.3 Å². The van der Waals surface area contributed by atoms with Gasteiger partial charge in [0.15, 0.2) is 12.4 Å². The number of ether oxygens (including phenoxy) is 1. The summed E-state index contributed by atoms with van der Waals surface area (Å²) in [5.41, 5.74) is 2.03. The fraction of sp³-hybridized carbons (Fsp3) is 0.227. The summed E-state index contributed by atoms with van der Waals surface area (Å²) in [4.78, 5) is 38.5. The number of hydrogen-bond acceptors (Lipinski definition) is 7. The number of aromatic nitrogens is 4. The van der Waals surface area contributed by atoms with Crippen molar-refractivity contribution in [3.8, 4) is 0 Å². The zero-order valence-electron chi connectivity index (χ0n) is 17.7. The first-order valence-corrected chi connectivity index (χ1v) is 11.3. The molecule has 1 aliphatic rings. The highest BCUT2D eigenvalue weighted by atomic mass is 35.5. The number of anilines is 1. The van der Waals surface area contributed by atoms with Gasteiger partial charge >= 0.3 is 5.97 Å². The molecule has 1 aliphatic heterocycles. The monoisotopic (exact) mass is 483 g/mol. The molecule has 2 aromatic carbocycles. The summed E-state index contributed by atoms with van der Waals surface area (Å²) in [6, 6.07) is 10.7. The summed E-state index contributed by atoms with van der Waals surface area (Å²) >= 11 is 7.26. The summed E-state index contributed by atoms with van der Waals surface area (Å²) in [6.07, 6.45) is -0.103. The van der Waals surface area contributed by atoms with Gasteiger partial charge < -0.3 is 10.1 Å². The Kier molecular flexibility index (Phi) is 5.34. The average molecular weight is 484 g/mol. The van der Waals surface area contributed by atoms with Crippen molar-refractivity contribution in [1.29, 1.82) is 0 Å². The van der Waals surface area contributed by atoms with Gasteiger partial charge in [-0.15, -0.1) is 22.0 Å². The van der Waals surface area contributed by atoms with Crippen molar-refractivity contribution in [2.24, 2.45) is 7.05 Å². The number of carbonyl (C=O) groups is 2. The number of nitrogens with zero attached hydrogens (tertiary/aromatic N) is 4. The molecule has 2 aromatic heterocycles. The zero-order chi connectivity index (χ0) is 23.3. The van der Waals surface area contributed by atoms with Crippen molar-refractivity contribution in [2.45, 2.75) is 30.1 Å². The van der Waals surface area contributed by atoms with Gasteiger partial charge in [-0.25, -0.2) is 0 Å². The Morgan fingerprint density at radius 3 is 2.85 bits per heavy atom. The van der Waals surface area contributed by atoms with E-state index in [9.17, 15) is 14.4 Å². The van der Waals surface area contributed by atoms with Crippen LogP contribution in [0.3, 0.4) is 0 Å². The molecule has 1 amide bonds. The molecular weight excluding hydrogens is 466 g/mol. The lowest BCUT2D eigenvalue weighted by molar-refractivity contribution is -0.146. The number of rotatable bonds is 4. The number of benzene rings is 2. The van der Waals surface area contributed by atoms with Crippen molar-refractivity contribution >= 4 is 57.6 Å². The van der Waals surface area contributed by atoms with E-state index in [1.54, 1.807) is 35.7 Å². The molecule has 3 heterocycles.